The second-order valence-corrected chi connectivity index (χ2v) is 8.61. The van der Waals surface area contributed by atoms with Gasteiger partial charge in [-0.15, -0.1) is 0 Å². The summed E-state index contributed by atoms with van der Waals surface area (Å²) in [5, 5.41) is 3.11. The summed E-state index contributed by atoms with van der Waals surface area (Å²) in [4.78, 5) is 24.1. The molecule has 3 heterocycles. The number of fused-ring (bicyclic) bond motifs is 1. The lowest BCUT2D eigenvalue weighted by Crippen LogP contribution is -2.51. The Kier molecular flexibility index (Phi) is 6.35. The minimum atomic E-state index is 0.126. The molecule has 158 valence electrons. The van der Waals surface area contributed by atoms with Crippen molar-refractivity contribution in [2.45, 2.75) is 31.7 Å². The summed E-state index contributed by atoms with van der Waals surface area (Å²) >= 11 is 0. The number of anilines is 1. The van der Waals surface area contributed by atoms with Gasteiger partial charge in [0, 0.05) is 38.8 Å². The molecule has 7 nitrogen and oxygen atoms in total. The molecule has 1 unspecified atom stereocenters. The third-order valence-corrected chi connectivity index (χ3v) is 6.22. The fraction of sp³-hybridized carbons (Fsp3) is 0.636. The molecule has 1 atom stereocenters. The average Bonchev–Trinajstić information content (AvgIpc) is 3.18. The number of likely N-dealkylation sites (tertiary alicyclic amines) is 1. The summed E-state index contributed by atoms with van der Waals surface area (Å²) < 4.78 is 5.94. The lowest BCUT2D eigenvalue weighted by atomic mass is 9.93. The maximum atomic E-state index is 12.5. The van der Waals surface area contributed by atoms with Gasteiger partial charge in [0.15, 0.2) is 5.58 Å². The van der Waals surface area contributed by atoms with Crippen LogP contribution in [-0.4, -0.2) is 80.1 Å². The number of likely N-dealkylation sites (N-methyl/N-ethyl adjacent to an activating group) is 1. The Hall–Kier alpha value is -2.12. The average molecular weight is 400 g/mol. The van der Waals surface area contributed by atoms with Crippen LogP contribution in [0.1, 0.15) is 25.7 Å². The second-order valence-electron chi connectivity index (χ2n) is 8.61. The minimum absolute atomic E-state index is 0.126. The molecule has 1 aromatic carbocycles. The first-order valence-corrected chi connectivity index (χ1v) is 10.9. The van der Waals surface area contributed by atoms with Crippen molar-refractivity contribution in [2.24, 2.45) is 5.92 Å². The van der Waals surface area contributed by atoms with Gasteiger partial charge in [-0.1, -0.05) is 12.1 Å². The standard InChI is InChI=1S/C22H33N5O2/c1-25(2)15-11-23-21(28)17-6-5-12-27(16-17)18-9-13-26(14-10-18)22-24-19-7-3-4-8-20(19)29-22/h3-4,7-8,17-18H,5-6,9-16H2,1-2H3,(H,23,28). The number of nitrogens with zero attached hydrogens (tertiary/aromatic N) is 4. The van der Waals surface area contributed by atoms with Gasteiger partial charge in [-0.3, -0.25) is 9.69 Å². The van der Waals surface area contributed by atoms with E-state index in [1.54, 1.807) is 0 Å². The molecule has 2 fully saturated rings. The molecule has 2 aliphatic rings. The molecule has 29 heavy (non-hydrogen) atoms. The van der Waals surface area contributed by atoms with E-state index in [1.165, 1.54) is 0 Å². The van der Waals surface area contributed by atoms with Crippen LogP contribution >= 0.6 is 0 Å². The van der Waals surface area contributed by atoms with Crippen LogP contribution in [0.3, 0.4) is 0 Å². The number of oxazole rings is 1. The molecule has 1 amide bonds. The summed E-state index contributed by atoms with van der Waals surface area (Å²) in [7, 11) is 4.06. The summed E-state index contributed by atoms with van der Waals surface area (Å²) in [5.41, 5.74) is 1.77. The van der Waals surface area contributed by atoms with Crippen LogP contribution in [0.5, 0.6) is 0 Å². The zero-order chi connectivity index (χ0) is 20.2. The summed E-state index contributed by atoms with van der Waals surface area (Å²) in [6, 6.07) is 9.22. The van der Waals surface area contributed by atoms with Crippen molar-refractivity contribution in [3.63, 3.8) is 0 Å². The molecule has 1 N–H and O–H groups in total. The molecule has 7 heteroatoms. The Labute approximate surface area is 173 Å². The van der Waals surface area contributed by atoms with Gasteiger partial charge in [-0.25, -0.2) is 0 Å². The smallest absolute Gasteiger partial charge is 0.298 e. The van der Waals surface area contributed by atoms with E-state index in [9.17, 15) is 4.79 Å². The molecule has 0 radical (unpaired) electrons. The van der Waals surface area contributed by atoms with E-state index in [2.05, 4.69) is 25.0 Å². The van der Waals surface area contributed by atoms with Crippen LogP contribution in [-0.2, 0) is 4.79 Å². The Balaban J connectivity index is 1.28. The van der Waals surface area contributed by atoms with Gasteiger partial charge in [-0.05, 0) is 58.5 Å². The maximum Gasteiger partial charge on any atom is 0.298 e. The van der Waals surface area contributed by atoms with Crippen molar-refractivity contribution in [1.82, 2.24) is 20.1 Å². The molecule has 4 rings (SSSR count). The number of hydrogen-bond donors (Lipinski definition) is 1. The molecule has 2 saturated heterocycles. The number of carbonyl (C=O) groups excluding carboxylic acids is 1. The van der Waals surface area contributed by atoms with Gasteiger partial charge >= 0.3 is 0 Å². The quantitative estimate of drug-likeness (QED) is 0.803. The third-order valence-electron chi connectivity index (χ3n) is 6.22. The highest BCUT2D eigenvalue weighted by Gasteiger charge is 2.32. The number of aromatic nitrogens is 1. The topological polar surface area (TPSA) is 64.9 Å². The first-order valence-electron chi connectivity index (χ1n) is 10.9. The van der Waals surface area contributed by atoms with Gasteiger partial charge in [0.25, 0.3) is 6.01 Å². The molecular weight excluding hydrogens is 366 g/mol. The Morgan fingerprint density at radius 1 is 1.21 bits per heavy atom. The van der Waals surface area contributed by atoms with E-state index in [0.29, 0.717) is 6.04 Å². The zero-order valence-electron chi connectivity index (χ0n) is 17.6. The van der Waals surface area contributed by atoms with Crippen molar-refractivity contribution in [3.8, 4) is 0 Å². The third kappa shape index (κ3) is 4.90. The number of benzene rings is 1. The number of amides is 1. The van der Waals surface area contributed by atoms with Crippen LogP contribution in [0, 0.1) is 5.92 Å². The molecule has 0 spiro atoms. The molecule has 2 aliphatic heterocycles. The van der Waals surface area contributed by atoms with Crippen LogP contribution in [0.2, 0.25) is 0 Å². The summed E-state index contributed by atoms with van der Waals surface area (Å²) in [6.45, 7) is 5.51. The Bertz CT molecular complexity index is 779. The van der Waals surface area contributed by atoms with Crippen LogP contribution in [0.15, 0.2) is 28.7 Å². The van der Waals surface area contributed by atoms with E-state index in [4.69, 9.17) is 4.42 Å². The van der Waals surface area contributed by atoms with Gasteiger partial charge in [0.05, 0.1) is 5.92 Å². The van der Waals surface area contributed by atoms with Gasteiger partial charge in [0.1, 0.15) is 5.52 Å². The number of nitrogens with one attached hydrogen (secondary N) is 1. The van der Waals surface area contributed by atoms with Gasteiger partial charge in [0.2, 0.25) is 5.91 Å². The molecular formula is C22H33N5O2. The van der Waals surface area contributed by atoms with Crippen LogP contribution in [0.25, 0.3) is 11.1 Å². The van der Waals surface area contributed by atoms with E-state index in [1.807, 2.05) is 38.4 Å². The molecule has 1 aromatic heterocycles. The number of para-hydroxylation sites is 2. The number of piperidine rings is 2. The zero-order valence-corrected chi connectivity index (χ0v) is 17.6. The molecule has 0 aliphatic carbocycles. The predicted molar refractivity (Wildman–Crippen MR) is 115 cm³/mol. The van der Waals surface area contributed by atoms with E-state index < -0.39 is 0 Å². The first-order chi connectivity index (χ1) is 14.1. The Morgan fingerprint density at radius 2 is 2.00 bits per heavy atom. The summed E-state index contributed by atoms with van der Waals surface area (Å²) in [6.07, 6.45) is 4.30. The highest BCUT2D eigenvalue weighted by Crippen LogP contribution is 2.28. The number of carbonyl (C=O) groups is 1. The second kappa shape index (κ2) is 9.13. The van der Waals surface area contributed by atoms with Gasteiger partial charge < -0.3 is 19.5 Å². The van der Waals surface area contributed by atoms with Crippen molar-refractivity contribution in [1.29, 1.82) is 0 Å². The lowest BCUT2D eigenvalue weighted by Gasteiger charge is -2.41. The van der Waals surface area contributed by atoms with Crippen LogP contribution in [0.4, 0.5) is 6.01 Å². The lowest BCUT2D eigenvalue weighted by molar-refractivity contribution is -0.127. The van der Waals surface area contributed by atoms with E-state index in [-0.39, 0.29) is 11.8 Å². The van der Waals surface area contributed by atoms with Crippen molar-refractivity contribution in [3.05, 3.63) is 24.3 Å². The number of hydrogen-bond acceptors (Lipinski definition) is 6. The predicted octanol–water partition coefficient (Wildman–Crippen LogP) is 2.19. The largest absolute Gasteiger partial charge is 0.423 e. The number of rotatable bonds is 6. The summed E-state index contributed by atoms with van der Waals surface area (Å²) in [5.74, 6) is 0.349. The highest BCUT2D eigenvalue weighted by atomic mass is 16.4. The van der Waals surface area contributed by atoms with Crippen molar-refractivity contribution in [2.75, 3.05) is 58.3 Å². The fourth-order valence-electron chi connectivity index (χ4n) is 4.52. The minimum Gasteiger partial charge on any atom is -0.423 e. The van der Waals surface area contributed by atoms with E-state index >= 15 is 0 Å². The van der Waals surface area contributed by atoms with Crippen molar-refractivity contribution >= 4 is 23.0 Å². The Morgan fingerprint density at radius 3 is 2.76 bits per heavy atom. The fourth-order valence-corrected chi connectivity index (χ4v) is 4.52. The monoisotopic (exact) mass is 399 g/mol. The molecule has 0 saturated carbocycles. The maximum absolute atomic E-state index is 12.5. The normalized spacial score (nSPS) is 21.8. The molecule has 0 bridgehead atoms. The molecule has 2 aromatic rings. The van der Waals surface area contributed by atoms with E-state index in [0.717, 1.165) is 82.1 Å². The highest BCUT2D eigenvalue weighted by molar-refractivity contribution is 5.79. The first kappa shape index (κ1) is 20.2. The van der Waals surface area contributed by atoms with Crippen molar-refractivity contribution < 1.29 is 9.21 Å². The SMILES string of the molecule is CN(C)CCNC(=O)C1CCCN(C2CCN(c3nc4ccccc4o3)CC2)C1. The van der Waals surface area contributed by atoms with Crippen LogP contribution < -0.4 is 10.2 Å². The van der Waals surface area contributed by atoms with Gasteiger partial charge in [-0.2, -0.15) is 4.98 Å².